The van der Waals surface area contributed by atoms with Gasteiger partial charge in [-0.25, -0.2) is 22.5 Å². The fourth-order valence-electron chi connectivity index (χ4n) is 4.86. The summed E-state index contributed by atoms with van der Waals surface area (Å²) in [6.45, 7) is 1.82. The van der Waals surface area contributed by atoms with E-state index in [4.69, 9.17) is 14.1 Å². The smallest absolute Gasteiger partial charge is 0.211 e. The number of rotatable bonds is 3. The molecule has 0 unspecified atom stereocenters. The van der Waals surface area contributed by atoms with Crippen molar-refractivity contribution in [2.45, 2.75) is 50.7 Å². The number of ether oxygens (including phenoxy) is 1. The maximum absolute atomic E-state index is 14.8. The van der Waals surface area contributed by atoms with E-state index in [1.54, 1.807) is 19.3 Å². The molecule has 0 amide bonds. The molecular formula is C24H25FN2O4S. The van der Waals surface area contributed by atoms with Crippen molar-refractivity contribution in [3.8, 4) is 16.9 Å². The summed E-state index contributed by atoms with van der Waals surface area (Å²) >= 11 is 0. The second-order valence-electron chi connectivity index (χ2n) is 8.66. The quantitative estimate of drug-likeness (QED) is 0.634. The number of para-hydroxylation sites is 1. The Morgan fingerprint density at radius 2 is 2.06 bits per heavy atom. The number of hydrogen-bond donors (Lipinski definition) is 1. The number of halogens is 1. The molecule has 2 aliphatic rings. The van der Waals surface area contributed by atoms with Gasteiger partial charge in [-0.2, -0.15) is 0 Å². The van der Waals surface area contributed by atoms with Crippen molar-refractivity contribution in [2.75, 3.05) is 5.75 Å². The van der Waals surface area contributed by atoms with E-state index in [-0.39, 0.29) is 24.2 Å². The van der Waals surface area contributed by atoms with Gasteiger partial charge in [0, 0.05) is 17.2 Å². The molecule has 1 spiro atoms. The lowest BCUT2D eigenvalue weighted by Crippen LogP contribution is -2.36. The zero-order valence-corrected chi connectivity index (χ0v) is 18.6. The number of hydrogen-bond acceptors (Lipinski definition) is 5. The van der Waals surface area contributed by atoms with Gasteiger partial charge in [-0.05, 0) is 56.4 Å². The standard InChI is InChI=1S/C24H25FN2O4S/c1-2-32(28,29)27-17-9-10-24(13-17)12-16-7-8-21(25)20(11-16)19-5-3-4-6-22(19)30-14-18-15-31-23(24)26-18/h3-8,11,15,17,27H,2,9-10,12-14H2,1H3/t17-,24+/m0/s1. The minimum absolute atomic E-state index is 0.0394. The summed E-state index contributed by atoms with van der Waals surface area (Å²) in [4.78, 5) is 4.72. The van der Waals surface area contributed by atoms with Crippen molar-refractivity contribution in [1.82, 2.24) is 9.71 Å². The largest absolute Gasteiger partial charge is 0.487 e. The third-order valence-corrected chi connectivity index (χ3v) is 7.92. The summed E-state index contributed by atoms with van der Waals surface area (Å²) < 4.78 is 53.8. The Morgan fingerprint density at radius 1 is 1.22 bits per heavy atom. The molecule has 1 aromatic heterocycles. The molecule has 2 aromatic carbocycles. The molecule has 8 heteroatoms. The summed E-state index contributed by atoms with van der Waals surface area (Å²) in [5.74, 6) is 0.886. The van der Waals surface area contributed by atoms with Crippen molar-refractivity contribution in [1.29, 1.82) is 0 Å². The lowest BCUT2D eigenvalue weighted by Gasteiger charge is -2.27. The monoisotopic (exact) mass is 456 g/mol. The molecule has 4 bridgehead atoms. The van der Waals surface area contributed by atoms with E-state index in [2.05, 4.69) is 4.72 Å². The third kappa shape index (κ3) is 3.93. The Labute approximate surface area is 186 Å². The van der Waals surface area contributed by atoms with Crippen LogP contribution in [-0.2, 0) is 28.5 Å². The Kier molecular flexibility index (Phi) is 5.29. The molecule has 1 fully saturated rings. The Morgan fingerprint density at radius 3 is 2.91 bits per heavy atom. The van der Waals surface area contributed by atoms with Crippen LogP contribution >= 0.6 is 0 Å². The Bertz CT molecular complexity index is 1260. The predicted molar refractivity (Wildman–Crippen MR) is 118 cm³/mol. The first kappa shape index (κ1) is 21.2. The lowest BCUT2D eigenvalue weighted by molar-refractivity contribution is 0.302. The first-order valence-corrected chi connectivity index (χ1v) is 12.5. The topological polar surface area (TPSA) is 81.4 Å². The van der Waals surface area contributed by atoms with Crippen molar-refractivity contribution in [3.05, 3.63) is 71.7 Å². The van der Waals surface area contributed by atoms with Crippen LogP contribution in [0.1, 0.15) is 43.3 Å². The molecule has 168 valence electrons. The second kappa shape index (κ2) is 8.01. The van der Waals surface area contributed by atoms with Crippen LogP contribution in [0.3, 0.4) is 0 Å². The van der Waals surface area contributed by atoms with Crippen LogP contribution < -0.4 is 9.46 Å². The normalized spacial score (nSPS) is 22.6. The van der Waals surface area contributed by atoms with Gasteiger partial charge >= 0.3 is 0 Å². The number of benzene rings is 2. The average molecular weight is 457 g/mol. The van der Waals surface area contributed by atoms with Crippen LogP contribution in [0.5, 0.6) is 5.75 Å². The molecule has 2 atom stereocenters. The summed E-state index contributed by atoms with van der Waals surface area (Å²) in [5, 5.41) is 0. The highest BCUT2D eigenvalue weighted by Crippen LogP contribution is 2.45. The van der Waals surface area contributed by atoms with Crippen molar-refractivity contribution >= 4 is 10.0 Å². The van der Waals surface area contributed by atoms with E-state index in [9.17, 15) is 12.8 Å². The van der Waals surface area contributed by atoms with E-state index in [0.29, 0.717) is 54.1 Å². The minimum Gasteiger partial charge on any atom is -0.487 e. The molecular weight excluding hydrogens is 431 g/mol. The van der Waals surface area contributed by atoms with E-state index in [0.717, 1.165) is 5.56 Å². The molecule has 1 saturated carbocycles. The molecule has 1 N–H and O–H groups in total. The Balaban J connectivity index is 1.58. The molecule has 1 aliphatic heterocycles. The molecule has 1 aliphatic carbocycles. The van der Waals surface area contributed by atoms with Gasteiger partial charge in [-0.1, -0.05) is 24.3 Å². The fraction of sp³-hybridized carbons (Fsp3) is 0.375. The fourth-order valence-corrected chi connectivity index (χ4v) is 5.73. The van der Waals surface area contributed by atoms with Gasteiger partial charge in [-0.15, -0.1) is 0 Å². The van der Waals surface area contributed by atoms with Gasteiger partial charge in [0.2, 0.25) is 15.9 Å². The highest BCUT2D eigenvalue weighted by molar-refractivity contribution is 7.89. The third-order valence-electron chi connectivity index (χ3n) is 6.47. The summed E-state index contributed by atoms with van der Waals surface area (Å²) in [6.07, 6.45) is 4.14. The van der Waals surface area contributed by atoms with E-state index >= 15 is 0 Å². The highest BCUT2D eigenvalue weighted by Gasteiger charge is 2.45. The number of oxazole rings is 1. The van der Waals surface area contributed by atoms with Crippen LogP contribution in [0, 0.1) is 5.82 Å². The van der Waals surface area contributed by atoms with Crippen LogP contribution in [0.25, 0.3) is 11.1 Å². The Hall–Kier alpha value is -2.71. The number of nitrogens with one attached hydrogen (secondary N) is 1. The maximum atomic E-state index is 14.8. The minimum atomic E-state index is -3.32. The molecule has 2 heterocycles. The predicted octanol–water partition coefficient (Wildman–Crippen LogP) is 4.35. The van der Waals surface area contributed by atoms with E-state index in [1.165, 1.54) is 6.07 Å². The van der Waals surface area contributed by atoms with Crippen molar-refractivity contribution in [3.63, 3.8) is 0 Å². The number of sulfonamides is 1. The molecule has 0 saturated heterocycles. The van der Waals surface area contributed by atoms with Crippen LogP contribution in [0.4, 0.5) is 4.39 Å². The van der Waals surface area contributed by atoms with Gasteiger partial charge in [0.25, 0.3) is 0 Å². The zero-order chi connectivity index (χ0) is 22.3. The SMILES string of the molecule is CCS(=O)(=O)N[C@H]1CC[C@@]2(Cc3ccc(F)c(c3)-c3ccccc3OCc3coc2n3)C1. The second-order valence-corrected chi connectivity index (χ2v) is 10.7. The average Bonchev–Trinajstić information content (AvgIpc) is 3.41. The van der Waals surface area contributed by atoms with Crippen LogP contribution in [0.2, 0.25) is 0 Å². The number of fused-ring (bicyclic) bond motifs is 7. The van der Waals surface area contributed by atoms with Crippen molar-refractivity contribution < 1.29 is 22.0 Å². The first-order valence-electron chi connectivity index (χ1n) is 10.8. The van der Waals surface area contributed by atoms with Gasteiger partial charge in [-0.3, -0.25) is 0 Å². The zero-order valence-electron chi connectivity index (χ0n) is 17.8. The van der Waals surface area contributed by atoms with E-state index in [1.807, 2.05) is 30.3 Å². The molecule has 3 aromatic rings. The molecule has 0 radical (unpaired) electrons. The summed E-state index contributed by atoms with van der Waals surface area (Å²) in [6, 6.07) is 12.3. The van der Waals surface area contributed by atoms with Crippen LogP contribution in [-0.4, -0.2) is 25.2 Å². The molecule has 6 nitrogen and oxygen atoms in total. The number of nitrogens with zero attached hydrogens (tertiary/aromatic N) is 1. The van der Waals surface area contributed by atoms with E-state index < -0.39 is 15.4 Å². The van der Waals surface area contributed by atoms with Crippen LogP contribution in [0.15, 0.2) is 53.1 Å². The highest BCUT2D eigenvalue weighted by atomic mass is 32.2. The lowest BCUT2D eigenvalue weighted by atomic mass is 9.79. The summed E-state index contributed by atoms with van der Waals surface area (Å²) in [5.41, 5.74) is 2.28. The van der Waals surface area contributed by atoms with Gasteiger partial charge < -0.3 is 9.15 Å². The van der Waals surface area contributed by atoms with Gasteiger partial charge in [0.05, 0.1) is 11.2 Å². The molecule has 32 heavy (non-hydrogen) atoms. The molecule has 5 rings (SSSR count). The number of aromatic nitrogens is 1. The summed E-state index contributed by atoms with van der Waals surface area (Å²) in [7, 11) is -3.32. The first-order chi connectivity index (χ1) is 15.4. The maximum Gasteiger partial charge on any atom is 0.211 e. The van der Waals surface area contributed by atoms with Crippen molar-refractivity contribution in [2.24, 2.45) is 0 Å². The van der Waals surface area contributed by atoms with Gasteiger partial charge in [0.15, 0.2) is 0 Å². The van der Waals surface area contributed by atoms with Gasteiger partial charge in [0.1, 0.15) is 30.1 Å².